The van der Waals surface area contributed by atoms with Gasteiger partial charge in [-0.2, -0.15) is 0 Å². The fourth-order valence-electron chi connectivity index (χ4n) is 12.4. The van der Waals surface area contributed by atoms with Crippen molar-refractivity contribution in [3.05, 3.63) is 165 Å². The van der Waals surface area contributed by atoms with Crippen LogP contribution in [0.15, 0.2) is 109 Å². The Morgan fingerprint density at radius 3 is 1.46 bits per heavy atom. The van der Waals surface area contributed by atoms with E-state index in [1.54, 1.807) is 49.3 Å². The van der Waals surface area contributed by atoms with Crippen molar-refractivity contribution in [2.24, 2.45) is 0 Å². The zero-order valence-corrected chi connectivity index (χ0v) is 51.7. The number of ether oxygens (including phenoxy) is 1. The first-order chi connectivity index (χ1) is 42.9. The Hall–Kier alpha value is -8.72. The molecule has 0 spiro atoms. The predicted molar refractivity (Wildman–Crippen MR) is 334 cm³/mol. The highest BCUT2D eigenvalue weighted by molar-refractivity contribution is 7.14. The number of halogens is 5. The normalized spacial score (nSPS) is 18.3. The largest absolute Gasteiger partial charge is 0.444 e. The van der Waals surface area contributed by atoms with Crippen molar-refractivity contribution in [1.29, 1.82) is 0 Å². The topological polar surface area (TPSA) is 208 Å². The van der Waals surface area contributed by atoms with Crippen molar-refractivity contribution >= 4 is 86.4 Å². The maximum absolute atomic E-state index is 15.7. The van der Waals surface area contributed by atoms with E-state index in [-0.39, 0.29) is 85.5 Å². The second-order valence-electron chi connectivity index (χ2n) is 23.6. The minimum absolute atomic E-state index is 0. The van der Waals surface area contributed by atoms with Gasteiger partial charge in [0.25, 0.3) is 23.6 Å². The molecular weight excluding hydrogens is 1220 g/mol. The van der Waals surface area contributed by atoms with E-state index in [0.717, 1.165) is 48.7 Å². The number of hydrogen-bond donors (Lipinski definition) is 3. The van der Waals surface area contributed by atoms with E-state index in [1.165, 1.54) is 57.3 Å². The Bertz CT molecular complexity index is 4000. The van der Waals surface area contributed by atoms with Crippen molar-refractivity contribution in [1.82, 2.24) is 49.1 Å². The van der Waals surface area contributed by atoms with E-state index >= 15 is 8.78 Å². The smallest absolute Gasteiger partial charge is 0.410 e. The lowest BCUT2D eigenvalue weighted by Gasteiger charge is -2.36. The van der Waals surface area contributed by atoms with E-state index in [2.05, 4.69) is 45.7 Å². The summed E-state index contributed by atoms with van der Waals surface area (Å²) in [6, 6.07) is 19.3. The summed E-state index contributed by atoms with van der Waals surface area (Å²) in [4.78, 5) is 93.5. The molecule has 0 saturated carbocycles. The first-order valence-corrected chi connectivity index (χ1v) is 31.1. The zero-order chi connectivity index (χ0) is 61.8. The number of anilines is 4. The summed E-state index contributed by atoms with van der Waals surface area (Å²) in [6.45, 7) is 11.6. The highest BCUT2D eigenvalue weighted by atomic mass is 35.5. The van der Waals surface area contributed by atoms with E-state index in [0.29, 0.717) is 64.7 Å². The molecule has 10 heterocycles. The Morgan fingerprint density at radius 1 is 0.611 bits per heavy atom. The Balaban J connectivity index is 0.000000174. The van der Waals surface area contributed by atoms with Crippen molar-refractivity contribution < 1.29 is 46.3 Å². The number of hydrogen-bond acceptors (Lipinski definition) is 15. The van der Waals surface area contributed by atoms with Crippen molar-refractivity contribution in [2.75, 3.05) is 72.8 Å². The predicted octanol–water partition coefficient (Wildman–Crippen LogP) is 9.64. The maximum atomic E-state index is 15.7. The van der Waals surface area contributed by atoms with E-state index in [4.69, 9.17) is 4.74 Å². The van der Waals surface area contributed by atoms with Gasteiger partial charge in [-0.25, -0.2) is 42.3 Å². The molecule has 27 heteroatoms. The molecular formula is C63H63ClF4N14O6S2. The quantitative estimate of drug-likeness (QED) is 0.0975. The molecule has 4 atom stereocenters. The molecule has 6 aliphatic rings. The van der Waals surface area contributed by atoms with Crippen LogP contribution in [0.5, 0.6) is 0 Å². The average Bonchev–Trinajstić information content (AvgIpc) is 1.64. The molecule has 5 amide bonds. The Labute approximate surface area is 529 Å². The molecule has 90 heavy (non-hydrogen) atoms. The second-order valence-corrected chi connectivity index (χ2v) is 25.4. The number of carbonyl (C=O) groups is 5. The number of carbonyl (C=O) groups excluding carboxylic acids is 5. The van der Waals surface area contributed by atoms with Crippen LogP contribution in [0.4, 0.5) is 44.0 Å². The van der Waals surface area contributed by atoms with Gasteiger partial charge in [-0.05, 0) is 91.6 Å². The molecule has 2 fully saturated rings. The summed E-state index contributed by atoms with van der Waals surface area (Å²) in [5, 5.41) is 13.0. The third-order valence-electron chi connectivity index (χ3n) is 16.7. The standard InChI is InChI=1S/C34H35F2N7O4S.C29H27F2N7O2S.ClH/c1-34(2,3)47-33(46)41-11-9-40(10-12-41)23-6-4-20(5-7-23)21-14-24-25(26(36)15-21)18-43(31(24)45)29(30(44)39-32-37-8-13-48-32)28-27-16-22(35)17-42(27)19-38-28;30-19-13-24-25(34-16-37(24)14-19)26(27(39)35-29-33-7-10-41-29)38-15-22-21(28(38)40)11-18(12-23(22)31)17-1-3-20(4-2-17)36-8-5-32-6-9-36;/h4-8,13-15,19,22,29H,9-12,16-18H2,1-3H3,(H,37,39,44);1-4,7,10-12,16,19,26,32H,5-6,8-9,13-15H2,(H,33,35,39);1H/t22-,29?;19-,26?;/m11./s1. The number of benzene rings is 4. The molecule has 20 nitrogen and oxygen atoms in total. The molecule has 468 valence electrons. The summed E-state index contributed by atoms with van der Waals surface area (Å²) in [5.74, 6) is -3.15. The van der Waals surface area contributed by atoms with Crippen LogP contribution >= 0.6 is 35.1 Å². The minimum Gasteiger partial charge on any atom is -0.444 e. The fourth-order valence-corrected chi connectivity index (χ4v) is 13.5. The molecule has 0 aliphatic carbocycles. The van der Waals surface area contributed by atoms with Gasteiger partial charge >= 0.3 is 6.09 Å². The Morgan fingerprint density at radius 2 is 1.04 bits per heavy atom. The van der Waals surface area contributed by atoms with Gasteiger partial charge < -0.3 is 43.7 Å². The van der Waals surface area contributed by atoms with Crippen LogP contribution in [0, 0.1) is 11.6 Å². The van der Waals surface area contributed by atoms with Crippen LogP contribution in [0.2, 0.25) is 0 Å². The van der Waals surface area contributed by atoms with E-state index in [9.17, 15) is 32.8 Å². The lowest BCUT2D eigenvalue weighted by Crippen LogP contribution is -2.50. The molecule has 4 aromatic carbocycles. The minimum atomic E-state index is -1.21. The SMILES string of the molecule is CC(C)(C)OC(=O)N1CCN(c2ccc(-c3cc(F)c4c(c3)C(=O)N(C(C(=O)Nc3nccs3)c3ncn5c3C[C@@H](F)C5)C4)cc2)CC1.Cl.O=C(Nc1nccs1)C(c1ncn2c1C[C@@H](F)C2)N1Cc2c(F)cc(-c3ccc(N4CCNCC4)cc3)cc2C1=O. The first kappa shape index (κ1) is 61.5. The highest BCUT2D eigenvalue weighted by Gasteiger charge is 2.45. The number of rotatable bonds is 12. The van der Waals surface area contributed by atoms with Gasteiger partial charge in [-0.3, -0.25) is 29.8 Å². The van der Waals surface area contributed by atoms with Gasteiger partial charge in [0, 0.05) is 133 Å². The first-order valence-electron chi connectivity index (χ1n) is 29.3. The molecule has 0 bridgehead atoms. The van der Waals surface area contributed by atoms with Gasteiger partial charge in [0.2, 0.25) is 0 Å². The third-order valence-corrected chi connectivity index (χ3v) is 18.1. The molecule has 0 radical (unpaired) electrons. The van der Waals surface area contributed by atoms with Gasteiger partial charge in [-0.15, -0.1) is 35.1 Å². The van der Waals surface area contributed by atoms with E-state index in [1.807, 2.05) is 69.3 Å². The van der Waals surface area contributed by atoms with Gasteiger partial charge in [-0.1, -0.05) is 24.3 Å². The zero-order valence-electron chi connectivity index (χ0n) is 49.2. The molecule has 3 N–H and O–H groups in total. The van der Waals surface area contributed by atoms with Crippen LogP contribution in [-0.2, 0) is 53.3 Å². The summed E-state index contributed by atoms with van der Waals surface area (Å²) < 4.78 is 68.7. The average molecular weight is 1290 g/mol. The van der Waals surface area contributed by atoms with Crippen LogP contribution in [0.3, 0.4) is 0 Å². The van der Waals surface area contributed by atoms with Gasteiger partial charge in [0.15, 0.2) is 22.3 Å². The van der Waals surface area contributed by atoms with Crippen LogP contribution in [-0.4, -0.2) is 144 Å². The van der Waals surface area contributed by atoms with Gasteiger partial charge in [0.1, 0.15) is 29.6 Å². The van der Waals surface area contributed by atoms with Gasteiger partial charge in [0.05, 0.1) is 50.2 Å². The number of aromatic nitrogens is 6. The maximum Gasteiger partial charge on any atom is 0.410 e. The molecule has 8 aromatic rings. The van der Waals surface area contributed by atoms with Crippen LogP contribution in [0.25, 0.3) is 22.3 Å². The molecule has 2 saturated heterocycles. The van der Waals surface area contributed by atoms with Crippen LogP contribution < -0.4 is 25.8 Å². The lowest BCUT2D eigenvalue weighted by atomic mass is 9.99. The summed E-state index contributed by atoms with van der Waals surface area (Å²) in [7, 11) is 0. The number of nitrogens with one attached hydrogen (secondary N) is 3. The summed E-state index contributed by atoms with van der Waals surface area (Å²) in [5.41, 5.74) is 6.57. The summed E-state index contributed by atoms with van der Waals surface area (Å²) in [6.07, 6.45) is 3.69. The fraction of sp³-hybridized carbons (Fsp3) is 0.349. The molecule has 4 aromatic heterocycles. The van der Waals surface area contributed by atoms with Crippen LogP contribution in [0.1, 0.15) is 87.5 Å². The molecule has 2 unspecified atom stereocenters. The number of imidazole rings is 2. The number of amides is 5. The molecule has 14 rings (SSSR count). The lowest BCUT2D eigenvalue weighted by molar-refractivity contribution is -0.121. The number of nitrogens with zero attached hydrogens (tertiary/aromatic N) is 11. The van der Waals surface area contributed by atoms with E-state index < -0.39 is 65.3 Å². The highest BCUT2D eigenvalue weighted by Crippen LogP contribution is 2.41. The second kappa shape index (κ2) is 25.3. The monoisotopic (exact) mass is 1290 g/mol. The third kappa shape index (κ3) is 12.4. The number of thiazole rings is 2. The number of fused-ring (bicyclic) bond motifs is 4. The van der Waals surface area contributed by atoms with Crippen molar-refractivity contribution in [3.8, 4) is 22.3 Å². The number of alkyl halides is 2. The number of piperazine rings is 2. The van der Waals surface area contributed by atoms with Crippen molar-refractivity contribution in [2.45, 2.75) is 89.8 Å². The van der Waals surface area contributed by atoms with Crippen molar-refractivity contribution in [3.63, 3.8) is 0 Å². The summed E-state index contributed by atoms with van der Waals surface area (Å²) >= 11 is 2.46. The Kier molecular flexibility index (Phi) is 17.3. The molecule has 6 aliphatic heterocycles.